The molecule has 3 rings (SSSR count). The summed E-state index contributed by atoms with van der Waals surface area (Å²) in [5.74, 6) is 0.495. The van der Waals surface area contributed by atoms with Crippen LogP contribution in [0.4, 0.5) is 0 Å². The molecule has 5 heteroatoms. The van der Waals surface area contributed by atoms with Gasteiger partial charge in [-0.25, -0.2) is 8.42 Å². The summed E-state index contributed by atoms with van der Waals surface area (Å²) in [4.78, 5) is 0.406. The molecular formula is C17H22N2O2S. The van der Waals surface area contributed by atoms with Gasteiger partial charge in [-0.1, -0.05) is 18.2 Å². The van der Waals surface area contributed by atoms with Gasteiger partial charge in [0.15, 0.2) is 9.84 Å². The molecular weight excluding hydrogens is 296 g/mol. The molecule has 0 radical (unpaired) electrons. The van der Waals surface area contributed by atoms with Crippen LogP contribution in [0, 0.1) is 6.92 Å². The molecule has 3 N–H and O–H groups in total. The van der Waals surface area contributed by atoms with E-state index in [1.807, 2.05) is 19.1 Å². The Kier molecular flexibility index (Phi) is 4.10. The minimum absolute atomic E-state index is 0.406. The molecule has 0 saturated carbocycles. The van der Waals surface area contributed by atoms with E-state index in [0.717, 1.165) is 25.1 Å². The number of benzene rings is 1. The van der Waals surface area contributed by atoms with Crippen molar-refractivity contribution in [1.82, 2.24) is 5.32 Å². The second-order valence-corrected chi connectivity index (χ2v) is 8.26. The maximum atomic E-state index is 12.7. The van der Waals surface area contributed by atoms with Crippen molar-refractivity contribution >= 4 is 9.84 Å². The van der Waals surface area contributed by atoms with E-state index in [1.54, 1.807) is 24.3 Å². The van der Waals surface area contributed by atoms with E-state index >= 15 is 0 Å². The van der Waals surface area contributed by atoms with Crippen LogP contribution in [0.25, 0.3) is 0 Å². The third kappa shape index (κ3) is 2.83. The predicted molar refractivity (Wildman–Crippen MR) is 88.4 cm³/mol. The standard InChI is InChI=1S/C17H22N2O2S/c1-12-10-16(6-7-17(12)13-8-9-19-11-13)22(20,21)15-4-2-14(18)3-5-15/h2-4,6-7,10,13,15,19H,5,8-9,11,18H2,1H3. The van der Waals surface area contributed by atoms with Crippen molar-refractivity contribution in [2.75, 3.05) is 13.1 Å². The van der Waals surface area contributed by atoms with E-state index in [1.165, 1.54) is 5.56 Å². The lowest BCUT2D eigenvalue weighted by Crippen LogP contribution is -2.21. The van der Waals surface area contributed by atoms with E-state index in [0.29, 0.717) is 22.9 Å². The zero-order chi connectivity index (χ0) is 15.7. The Morgan fingerprint density at radius 1 is 1.32 bits per heavy atom. The zero-order valence-corrected chi connectivity index (χ0v) is 13.6. The molecule has 2 unspecified atom stereocenters. The van der Waals surface area contributed by atoms with E-state index in [2.05, 4.69) is 5.32 Å². The van der Waals surface area contributed by atoms with Gasteiger partial charge in [0.1, 0.15) is 0 Å². The van der Waals surface area contributed by atoms with Gasteiger partial charge in [-0.2, -0.15) is 0 Å². The van der Waals surface area contributed by atoms with Gasteiger partial charge in [-0.05, 0) is 61.6 Å². The molecule has 4 nitrogen and oxygen atoms in total. The molecule has 0 aromatic heterocycles. The van der Waals surface area contributed by atoms with E-state index < -0.39 is 15.1 Å². The SMILES string of the molecule is Cc1cc(S(=O)(=O)C2C=CC(N)=CC2)ccc1C1CCNC1. The maximum absolute atomic E-state index is 12.7. The van der Waals surface area contributed by atoms with Crippen LogP contribution in [0.2, 0.25) is 0 Å². The highest BCUT2D eigenvalue weighted by Crippen LogP contribution is 2.29. The molecule has 0 bridgehead atoms. The van der Waals surface area contributed by atoms with Gasteiger partial charge < -0.3 is 11.1 Å². The van der Waals surface area contributed by atoms with Crippen LogP contribution in [-0.4, -0.2) is 26.8 Å². The highest BCUT2D eigenvalue weighted by atomic mass is 32.2. The molecule has 2 aliphatic rings. The van der Waals surface area contributed by atoms with Crippen molar-refractivity contribution in [2.45, 2.75) is 35.8 Å². The number of hydrogen-bond donors (Lipinski definition) is 2. The molecule has 1 aliphatic carbocycles. The topological polar surface area (TPSA) is 72.2 Å². The molecule has 0 amide bonds. The molecule has 1 aromatic carbocycles. The predicted octanol–water partition coefficient (Wildman–Crippen LogP) is 2.02. The summed E-state index contributed by atoms with van der Waals surface area (Å²) in [6, 6.07) is 5.56. The number of aryl methyl sites for hydroxylation is 1. The summed E-state index contributed by atoms with van der Waals surface area (Å²) in [7, 11) is -3.35. The van der Waals surface area contributed by atoms with Gasteiger partial charge in [0.25, 0.3) is 0 Å². The minimum Gasteiger partial charge on any atom is -0.399 e. The van der Waals surface area contributed by atoms with Crippen LogP contribution in [0.15, 0.2) is 47.0 Å². The summed E-state index contributed by atoms with van der Waals surface area (Å²) >= 11 is 0. The van der Waals surface area contributed by atoms with E-state index in [4.69, 9.17) is 5.73 Å². The molecule has 1 heterocycles. The fourth-order valence-corrected chi connectivity index (χ4v) is 4.81. The quantitative estimate of drug-likeness (QED) is 0.894. The molecule has 1 aromatic rings. The van der Waals surface area contributed by atoms with Gasteiger partial charge in [-0.15, -0.1) is 0 Å². The van der Waals surface area contributed by atoms with Gasteiger partial charge in [0, 0.05) is 12.2 Å². The van der Waals surface area contributed by atoms with Gasteiger partial charge in [0.05, 0.1) is 10.1 Å². The van der Waals surface area contributed by atoms with Crippen LogP contribution in [0.5, 0.6) is 0 Å². The first-order valence-corrected chi connectivity index (χ1v) is 9.22. The summed E-state index contributed by atoms with van der Waals surface area (Å²) in [5.41, 5.74) is 8.61. The lowest BCUT2D eigenvalue weighted by Gasteiger charge is -2.18. The second kappa shape index (κ2) is 5.89. The van der Waals surface area contributed by atoms with Gasteiger partial charge >= 0.3 is 0 Å². The fraction of sp³-hybridized carbons (Fsp3) is 0.412. The largest absolute Gasteiger partial charge is 0.399 e. The summed E-state index contributed by atoms with van der Waals surface area (Å²) in [6.45, 7) is 4.01. The highest BCUT2D eigenvalue weighted by Gasteiger charge is 2.27. The normalized spacial score (nSPS) is 25.2. The van der Waals surface area contributed by atoms with Crippen LogP contribution in [-0.2, 0) is 9.84 Å². The van der Waals surface area contributed by atoms with Gasteiger partial charge in [0.2, 0.25) is 0 Å². The molecule has 22 heavy (non-hydrogen) atoms. The number of rotatable bonds is 3. The Bertz CT molecular complexity index is 729. The van der Waals surface area contributed by atoms with E-state index in [9.17, 15) is 8.42 Å². The van der Waals surface area contributed by atoms with Crippen LogP contribution >= 0.6 is 0 Å². The summed E-state index contributed by atoms with van der Waals surface area (Å²) in [5, 5.41) is 2.84. The Morgan fingerprint density at radius 3 is 2.73 bits per heavy atom. The Labute approximate surface area is 132 Å². The average Bonchev–Trinajstić information content (AvgIpc) is 3.01. The first-order chi connectivity index (χ1) is 10.5. The third-order valence-corrected chi connectivity index (χ3v) is 6.62. The third-order valence-electron chi connectivity index (χ3n) is 4.56. The molecule has 0 spiro atoms. The first kappa shape index (κ1) is 15.3. The molecule has 1 fully saturated rings. The first-order valence-electron chi connectivity index (χ1n) is 7.67. The van der Waals surface area contributed by atoms with Crippen molar-refractivity contribution in [3.05, 3.63) is 53.3 Å². The fourth-order valence-electron chi connectivity index (χ4n) is 3.23. The number of hydrogen-bond acceptors (Lipinski definition) is 4. The monoisotopic (exact) mass is 318 g/mol. The number of nitrogens with two attached hydrogens (primary N) is 1. The van der Waals surface area contributed by atoms with E-state index in [-0.39, 0.29) is 0 Å². The Morgan fingerprint density at radius 2 is 2.14 bits per heavy atom. The Balaban J connectivity index is 1.88. The maximum Gasteiger partial charge on any atom is 0.185 e. The molecule has 118 valence electrons. The van der Waals surface area contributed by atoms with Crippen molar-refractivity contribution in [3.8, 4) is 0 Å². The van der Waals surface area contributed by atoms with Crippen molar-refractivity contribution in [2.24, 2.45) is 5.73 Å². The lowest BCUT2D eigenvalue weighted by molar-refractivity contribution is 0.587. The van der Waals surface area contributed by atoms with Crippen LogP contribution in [0.1, 0.15) is 29.9 Å². The van der Waals surface area contributed by atoms with Crippen molar-refractivity contribution < 1.29 is 8.42 Å². The second-order valence-electron chi connectivity index (χ2n) is 6.09. The van der Waals surface area contributed by atoms with Crippen molar-refractivity contribution in [1.29, 1.82) is 0 Å². The molecule has 2 atom stereocenters. The molecule has 1 saturated heterocycles. The number of sulfone groups is 1. The number of allylic oxidation sites excluding steroid dienone is 2. The average molecular weight is 318 g/mol. The minimum atomic E-state index is -3.35. The summed E-state index contributed by atoms with van der Waals surface area (Å²) in [6.07, 6.45) is 6.69. The summed E-state index contributed by atoms with van der Waals surface area (Å²) < 4.78 is 25.5. The van der Waals surface area contributed by atoms with Gasteiger partial charge in [-0.3, -0.25) is 0 Å². The van der Waals surface area contributed by atoms with Crippen LogP contribution in [0.3, 0.4) is 0 Å². The van der Waals surface area contributed by atoms with Crippen LogP contribution < -0.4 is 11.1 Å². The Hall–Kier alpha value is -1.59. The molecule has 1 aliphatic heterocycles. The highest BCUT2D eigenvalue weighted by molar-refractivity contribution is 7.92. The van der Waals surface area contributed by atoms with Crippen molar-refractivity contribution in [3.63, 3.8) is 0 Å². The lowest BCUT2D eigenvalue weighted by atomic mass is 9.94. The smallest absolute Gasteiger partial charge is 0.185 e. The number of nitrogens with one attached hydrogen (secondary N) is 1. The zero-order valence-electron chi connectivity index (χ0n) is 12.7.